The second-order valence-electron chi connectivity index (χ2n) is 10.3. The SMILES string of the molecule is CC(C)(CC(=O)O)N1C[C@@H](CO[Si](C)(C)C(C)(C)C)[C@@H](c2cccc(F)c2)C1. The number of carboxylic acids is 1. The Labute approximate surface area is 170 Å². The number of rotatable bonds is 7. The maximum Gasteiger partial charge on any atom is 0.305 e. The zero-order chi connectivity index (χ0) is 21.3. The number of halogens is 1. The lowest BCUT2D eigenvalue weighted by atomic mass is 9.89. The number of benzene rings is 1. The van der Waals surface area contributed by atoms with Crippen molar-refractivity contribution in [1.29, 1.82) is 0 Å². The van der Waals surface area contributed by atoms with Gasteiger partial charge in [0, 0.05) is 37.1 Å². The Bertz CT molecular complexity index is 699. The second-order valence-corrected chi connectivity index (χ2v) is 15.1. The highest BCUT2D eigenvalue weighted by molar-refractivity contribution is 6.74. The van der Waals surface area contributed by atoms with Crippen molar-refractivity contribution in [2.75, 3.05) is 19.7 Å². The zero-order valence-corrected chi connectivity index (χ0v) is 19.4. The summed E-state index contributed by atoms with van der Waals surface area (Å²) < 4.78 is 20.4. The van der Waals surface area contributed by atoms with Gasteiger partial charge in [-0.15, -0.1) is 0 Å². The predicted molar refractivity (Wildman–Crippen MR) is 114 cm³/mol. The quantitative estimate of drug-likeness (QED) is 0.635. The van der Waals surface area contributed by atoms with Gasteiger partial charge in [0.15, 0.2) is 8.32 Å². The topological polar surface area (TPSA) is 49.8 Å². The van der Waals surface area contributed by atoms with Crippen LogP contribution in [0.4, 0.5) is 4.39 Å². The molecule has 0 bridgehead atoms. The third-order valence-electron chi connectivity index (χ3n) is 6.62. The fourth-order valence-corrected chi connectivity index (χ4v) is 4.73. The van der Waals surface area contributed by atoms with E-state index in [0.29, 0.717) is 6.61 Å². The second kappa shape index (κ2) is 8.25. The van der Waals surface area contributed by atoms with Gasteiger partial charge in [0.2, 0.25) is 0 Å². The van der Waals surface area contributed by atoms with Crippen molar-refractivity contribution in [3.8, 4) is 0 Å². The van der Waals surface area contributed by atoms with E-state index in [4.69, 9.17) is 4.43 Å². The molecule has 158 valence electrons. The molecule has 0 radical (unpaired) electrons. The van der Waals surface area contributed by atoms with Crippen molar-refractivity contribution in [2.24, 2.45) is 5.92 Å². The molecule has 6 heteroatoms. The summed E-state index contributed by atoms with van der Waals surface area (Å²) in [4.78, 5) is 13.6. The maximum atomic E-state index is 13.9. The fraction of sp³-hybridized carbons (Fsp3) is 0.682. The molecule has 0 spiro atoms. The number of carboxylic acid groups (broad SMARTS) is 1. The molecule has 1 aromatic carbocycles. The smallest absolute Gasteiger partial charge is 0.305 e. The van der Waals surface area contributed by atoms with E-state index in [1.165, 1.54) is 6.07 Å². The fourth-order valence-electron chi connectivity index (χ4n) is 3.66. The number of nitrogens with zero attached hydrogens (tertiary/aromatic N) is 1. The summed E-state index contributed by atoms with van der Waals surface area (Å²) in [6, 6.07) is 6.80. The highest BCUT2D eigenvalue weighted by atomic mass is 28.4. The summed E-state index contributed by atoms with van der Waals surface area (Å²) in [7, 11) is -1.89. The van der Waals surface area contributed by atoms with Crippen LogP contribution in [0.5, 0.6) is 0 Å². The van der Waals surface area contributed by atoms with Crippen LogP contribution in [0, 0.1) is 11.7 Å². The first-order chi connectivity index (χ1) is 12.7. The molecule has 28 heavy (non-hydrogen) atoms. The van der Waals surface area contributed by atoms with Crippen molar-refractivity contribution in [3.63, 3.8) is 0 Å². The summed E-state index contributed by atoms with van der Waals surface area (Å²) in [5, 5.41) is 9.43. The molecule has 0 unspecified atom stereocenters. The van der Waals surface area contributed by atoms with Crippen LogP contribution in [0.1, 0.15) is 52.5 Å². The van der Waals surface area contributed by atoms with Crippen LogP contribution in [0.3, 0.4) is 0 Å². The molecule has 0 amide bonds. The zero-order valence-electron chi connectivity index (χ0n) is 18.4. The van der Waals surface area contributed by atoms with E-state index in [1.54, 1.807) is 12.1 Å². The van der Waals surface area contributed by atoms with Gasteiger partial charge in [-0.05, 0) is 49.7 Å². The largest absolute Gasteiger partial charge is 0.481 e. The average Bonchev–Trinajstić information content (AvgIpc) is 2.96. The van der Waals surface area contributed by atoms with Crippen LogP contribution in [-0.4, -0.2) is 49.5 Å². The van der Waals surface area contributed by atoms with Gasteiger partial charge in [0.1, 0.15) is 5.82 Å². The monoisotopic (exact) mass is 409 g/mol. The molecule has 0 aliphatic carbocycles. The van der Waals surface area contributed by atoms with Crippen molar-refractivity contribution in [2.45, 2.75) is 70.6 Å². The Morgan fingerprint density at radius 3 is 2.43 bits per heavy atom. The lowest BCUT2D eigenvalue weighted by Gasteiger charge is -2.37. The maximum absolute atomic E-state index is 13.9. The Morgan fingerprint density at radius 2 is 1.89 bits per heavy atom. The van der Waals surface area contributed by atoms with Crippen LogP contribution in [0.25, 0.3) is 0 Å². The van der Waals surface area contributed by atoms with E-state index in [-0.39, 0.29) is 29.1 Å². The summed E-state index contributed by atoms with van der Waals surface area (Å²) in [5.41, 5.74) is 0.515. The van der Waals surface area contributed by atoms with E-state index >= 15 is 0 Å². The van der Waals surface area contributed by atoms with Crippen LogP contribution < -0.4 is 0 Å². The highest BCUT2D eigenvalue weighted by Crippen LogP contribution is 2.41. The van der Waals surface area contributed by atoms with E-state index < -0.39 is 19.8 Å². The number of aliphatic carboxylic acids is 1. The van der Waals surface area contributed by atoms with Crippen LogP contribution in [-0.2, 0) is 9.22 Å². The normalized spacial score (nSPS) is 21.9. The van der Waals surface area contributed by atoms with Crippen LogP contribution >= 0.6 is 0 Å². The lowest BCUT2D eigenvalue weighted by Crippen LogP contribution is -2.45. The highest BCUT2D eigenvalue weighted by Gasteiger charge is 2.43. The number of hydrogen-bond donors (Lipinski definition) is 1. The first-order valence-corrected chi connectivity index (χ1v) is 13.0. The Kier molecular flexibility index (Phi) is 6.78. The van der Waals surface area contributed by atoms with Gasteiger partial charge < -0.3 is 9.53 Å². The third-order valence-corrected chi connectivity index (χ3v) is 11.1. The Hall–Kier alpha value is -1.24. The number of likely N-dealkylation sites (tertiary alicyclic amines) is 1. The average molecular weight is 410 g/mol. The molecule has 2 rings (SSSR count). The van der Waals surface area contributed by atoms with Gasteiger partial charge in [-0.3, -0.25) is 9.69 Å². The summed E-state index contributed by atoms with van der Waals surface area (Å²) in [6.45, 7) is 17.2. The van der Waals surface area contributed by atoms with Gasteiger partial charge in [0.25, 0.3) is 0 Å². The van der Waals surface area contributed by atoms with Crippen molar-refractivity contribution >= 4 is 14.3 Å². The summed E-state index contributed by atoms with van der Waals surface area (Å²) in [6.07, 6.45) is 0.0820. The first kappa shape index (κ1) is 23.0. The molecule has 1 N–H and O–H groups in total. The van der Waals surface area contributed by atoms with Gasteiger partial charge >= 0.3 is 5.97 Å². The molecular formula is C22H36FNO3Si. The van der Waals surface area contributed by atoms with E-state index in [1.807, 2.05) is 19.9 Å². The molecule has 1 aliphatic rings. The van der Waals surface area contributed by atoms with E-state index in [2.05, 4.69) is 38.8 Å². The Balaban J connectivity index is 2.24. The molecule has 1 saturated heterocycles. The van der Waals surface area contributed by atoms with Gasteiger partial charge in [0.05, 0.1) is 6.42 Å². The molecular weight excluding hydrogens is 373 g/mol. The molecule has 1 fully saturated rings. The van der Waals surface area contributed by atoms with E-state index in [9.17, 15) is 14.3 Å². The minimum atomic E-state index is -1.89. The minimum absolute atomic E-state index is 0.0820. The molecule has 0 aromatic heterocycles. The minimum Gasteiger partial charge on any atom is -0.481 e. The molecule has 4 nitrogen and oxygen atoms in total. The predicted octanol–water partition coefficient (Wildman–Crippen LogP) is 5.12. The molecule has 1 heterocycles. The lowest BCUT2D eigenvalue weighted by molar-refractivity contribution is -0.139. The van der Waals surface area contributed by atoms with Crippen molar-refractivity contribution < 1.29 is 18.7 Å². The van der Waals surface area contributed by atoms with Crippen LogP contribution in [0.2, 0.25) is 18.1 Å². The summed E-state index contributed by atoms with van der Waals surface area (Å²) in [5.74, 6) is -0.685. The third kappa shape index (κ3) is 5.42. The molecule has 0 saturated carbocycles. The molecule has 1 aliphatic heterocycles. The van der Waals surface area contributed by atoms with Crippen LogP contribution in [0.15, 0.2) is 24.3 Å². The Morgan fingerprint density at radius 1 is 1.25 bits per heavy atom. The number of carbonyl (C=O) groups is 1. The van der Waals surface area contributed by atoms with Gasteiger partial charge in [-0.1, -0.05) is 32.9 Å². The van der Waals surface area contributed by atoms with Crippen molar-refractivity contribution in [1.82, 2.24) is 4.90 Å². The molecule has 1 aromatic rings. The van der Waals surface area contributed by atoms with E-state index in [0.717, 1.165) is 18.7 Å². The number of hydrogen-bond acceptors (Lipinski definition) is 3. The van der Waals surface area contributed by atoms with Crippen molar-refractivity contribution in [3.05, 3.63) is 35.6 Å². The molecule has 2 atom stereocenters. The first-order valence-electron chi connectivity index (χ1n) is 10.1. The van der Waals surface area contributed by atoms with Gasteiger partial charge in [-0.25, -0.2) is 4.39 Å². The van der Waals surface area contributed by atoms with Gasteiger partial charge in [-0.2, -0.15) is 0 Å². The standard InChI is InChI=1S/C22H36FNO3Si/c1-21(2,3)28(6,7)27-15-17-13-24(22(4,5)12-20(25)26)14-19(17)16-9-8-10-18(23)11-16/h8-11,17,19H,12-15H2,1-7H3,(H,25,26)/t17-,19+/m0/s1. The summed E-state index contributed by atoms with van der Waals surface area (Å²) >= 11 is 0.